The molecule has 4 rings (SSSR count). The molecule has 1 amide bonds. The molecular weight excluding hydrogens is 396 g/mol. The third-order valence-corrected chi connectivity index (χ3v) is 6.82. The zero-order chi connectivity index (χ0) is 21.5. The van der Waals surface area contributed by atoms with Gasteiger partial charge in [-0.25, -0.2) is 8.42 Å². The molecule has 1 atom stereocenters. The number of aryl methyl sites for hydroxylation is 2. The Morgan fingerprint density at radius 1 is 1.00 bits per heavy atom. The Balaban J connectivity index is 1.65. The van der Waals surface area contributed by atoms with Crippen molar-refractivity contribution in [1.82, 2.24) is 0 Å². The highest BCUT2D eigenvalue weighted by atomic mass is 32.2. The van der Waals surface area contributed by atoms with Gasteiger partial charge in [-0.15, -0.1) is 0 Å². The number of amides is 1. The molecule has 0 radical (unpaired) electrons. The largest absolute Gasteiger partial charge is 0.305 e. The zero-order valence-corrected chi connectivity index (χ0v) is 18.0. The molecule has 5 nitrogen and oxygen atoms in total. The number of benzene rings is 3. The van der Waals surface area contributed by atoms with E-state index in [1.807, 2.05) is 57.2 Å². The van der Waals surface area contributed by atoms with Crippen LogP contribution in [0.1, 0.15) is 34.0 Å². The highest BCUT2D eigenvalue weighted by Crippen LogP contribution is 2.35. The monoisotopic (exact) mass is 420 g/mol. The van der Waals surface area contributed by atoms with Gasteiger partial charge in [0.05, 0.1) is 10.6 Å². The number of carbonyl (C=O) groups excluding carboxylic acids is 1. The van der Waals surface area contributed by atoms with Crippen LogP contribution in [-0.2, 0) is 16.4 Å². The van der Waals surface area contributed by atoms with E-state index in [2.05, 4.69) is 4.72 Å². The number of carbonyl (C=O) groups is 1. The van der Waals surface area contributed by atoms with Crippen molar-refractivity contribution in [1.29, 1.82) is 0 Å². The van der Waals surface area contributed by atoms with Gasteiger partial charge in [0.15, 0.2) is 0 Å². The Morgan fingerprint density at radius 2 is 1.73 bits per heavy atom. The molecule has 0 saturated heterocycles. The summed E-state index contributed by atoms with van der Waals surface area (Å²) in [6, 6.07) is 19.7. The molecule has 1 N–H and O–H groups in total. The van der Waals surface area contributed by atoms with Crippen molar-refractivity contribution in [2.24, 2.45) is 0 Å². The lowest BCUT2D eigenvalue weighted by Gasteiger charge is -2.23. The molecule has 6 heteroatoms. The van der Waals surface area contributed by atoms with E-state index in [1.165, 1.54) is 0 Å². The van der Waals surface area contributed by atoms with Gasteiger partial charge < -0.3 is 4.90 Å². The van der Waals surface area contributed by atoms with Gasteiger partial charge in [-0.3, -0.25) is 9.52 Å². The highest BCUT2D eigenvalue weighted by Gasteiger charge is 2.32. The van der Waals surface area contributed by atoms with Gasteiger partial charge in [0.1, 0.15) is 0 Å². The second-order valence-corrected chi connectivity index (χ2v) is 9.49. The first-order valence-corrected chi connectivity index (χ1v) is 11.4. The summed E-state index contributed by atoms with van der Waals surface area (Å²) in [5, 5.41) is 0. The van der Waals surface area contributed by atoms with Crippen LogP contribution in [0.15, 0.2) is 71.6 Å². The van der Waals surface area contributed by atoms with Crippen molar-refractivity contribution in [3.05, 3.63) is 89.0 Å². The second kappa shape index (κ2) is 7.61. The SMILES string of the molecule is Cc1ccc(C)c(NS(=O)(=O)c2ccc3c(c2)C[C@@H](C)N3C(=O)c2ccccc2)c1. The lowest BCUT2D eigenvalue weighted by molar-refractivity contribution is 0.0981. The number of hydrogen-bond donors (Lipinski definition) is 1. The normalized spacial score (nSPS) is 15.7. The Bertz CT molecular complexity index is 1220. The van der Waals surface area contributed by atoms with Crippen LogP contribution in [0, 0.1) is 13.8 Å². The van der Waals surface area contributed by atoms with Gasteiger partial charge >= 0.3 is 0 Å². The first kappa shape index (κ1) is 20.2. The summed E-state index contributed by atoms with van der Waals surface area (Å²) in [7, 11) is -3.73. The topological polar surface area (TPSA) is 66.5 Å². The lowest BCUT2D eigenvalue weighted by atomic mass is 10.1. The zero-order valence-electron chi connectivity index (χ0n) is 17.2. The number of nitrogens with zero attached hydrogens (tertiary/aromatic N) is 1. The quantitative estimate of drug-likeness (QED) is 0.666. The molecule has 1 aliphatic rings. The number of rotatable bonds is 4. The molecule has 0 fully saturated rings. The van der Waals surface area contributed by atoms with Crippen molar-refractivity contribution in [2.45, 2.75) is 38.1 Å². The van der Waals surface area contributed by atoms with Crippen LogP contribution in [0.25, 0.3) is 0 Å². The molecule has 1 heterocycles. The highest BCUT2D eigenvalue weighted by molar-refractivity contribution is 7.92. The van der Waals surface area contributed by atoms with E-state index in [9.17, 15) is 13.2 Å². The fourth-order valence-corrected chi connectivity index (χ4v) is 5.03. The number of sulfonamides is 1. The van der Waals surface area contributed by atoms with E-state index in [-0.39, 0.29) is 16.8 Å². The minimum Gasteiger partial charge on any atom is -0.305 e. The van der Waals surface area contributed by atoms with E-state index >= 15 is 0 Å². The Morgan fingerprint density at radius 3 is 2.47 bits per heavy atom. The van der Waals surface area contributed by atoms with Gasteiger partial charge in [0, 0.05) is 17.3 Å². The maximum Gasteiger partial charge on any atom is 0.261 e. The number of nitrogens with one attached hydrogen (secondary N) is 1. The van der Waals surface area contributed by atoms with Gasteiger partial charge in [-0.2, -0.15) is 0 Å². The van der Waals surface area contributed by atoms with Crippen molar-refractivity contribution in [3.63, 3.8) is 0 Å². The Labute approximate surface area is 177 Å². The molecule has 1 aliphatic heterocycles. The van der Waals surface area contributed by atoms with Crippen LogP contribution in [0.2, 0.25) is 0 Å². The van der Waals surface area contributed by atoms with Crippen molar-refractivity contribution in [2.75, 3.05) is 9.62 Å². The second-order valence-electron chi connectivity index (χ2n) is 7.81. The van der Waals surface area contributed by atoms with E-state index in [1.54, 1.807) is 35.2 Å². The summed E-state index contributed by atoms with van der Waals surface area (Å²) in [5.41, 5.74) is 4.66. The molecule has 0 unspecified atom stereocenters. The van der Waals surface area contributed by atoms with Crippen LogP contribution in [0.4, 0.5) is 11.4 Å². The molecule has 0 spiro atoms. The minimum atomic E-state index is -3.73. The van der Waals surface area contributed by atoms with E-state index < -0.39 is 10.0 Å². The molecule has 154 valence electrons. The summed E-state index contributed by atoms with van der Waals surface area (Å²) < 4.78 is 28.7. The molecule has 3 aromatic rings. The third-order valence-electron chi connectivity index (χ3n) is 5.45. The predicted molar refractivity (Wildman–Crippen MR) is 120 cm³/mol. The summed E-state index contributed by atoms with van der Waals surface area (Å²) in [6.45, 7) is 5.77. The van der Waals surface area contributed by atoms with Gasteiger partial charge in [-0.1, -0.05) is 30.3 Å². The molecular formula is C24H24N2O3S. The smallest absolute Gasteiger partial charge is 0.261 e. The van der Waals surface area contributed by atoms with Crippen LogP contribution in [0.5, 0.6) is 0 Å². The molecule has 0 bridgehead atoms. The first-order chi connectivity index (χ1) is 14.3. The molecule has 3 aromatic carbocycles. The Kier molecular flexibility index (Phi) is 5.12. The summed E-state index contributed by atoms with van der Waals surface area (Å²) in [6.07, 6.45) is 0.612. The lowest BCUT2D eigenvalue weighted by Crippen LogP contribution is -2.35. The van der Waals surface area contributed by atoms with Crippen LogP contribution in [-0.4, -0.2) is 20.4 Å². The van der Waals surface area contributed by atoms with Gasteiger partial charge in [0.25, 0.3) is 15.9 Å². The average Bonchev–Trinajstić information content (AvgIpc) is 3.05. The predicted octanol–water partition coefficient (Wildman–Crippen LogP) is 4.70. The van der Waals surface area contributed by atoms with Crippen LogP contribution < -0.4 is 9.62 Å². The fraction of sp³-hybridized carbons (Fsp3) is 0.208. The van der Waals surface area contributed by atoms with Gasteiger partial charge in [0.2, 0.25) is 0 Å². The maximum absolute atomic E-state index is 13.0. The van der Waals surface area contributed by atoms with Gasteiger partial charge in [-0.05, 0) is 80.3 Å². The third kappa shape index (κ3) is 3.71. The van der Waals surface area contributed by atoms with Crippen molar-refractivity contribution in [3.8, 4) is 0 Å². The van der Waals surface area contributed by atoms with Crippen molar-refractivity contribution < 1.29 is 13.2 Å². The summed E-state index contributed by atoms with van der Waals surface area (Å²) in [5.74, 6) is -0.0778. The van der Waals surface area contributed by atoms with E-state index in [0.717, 1.165) is 22.4 Å². The number of hydrogen-bond acceptors (Lipinski definition) is 3. The summed E-state index contributed by atoms with van der Waals surface area (Å²) in [4.78, 5) is 15.0. The standard InChI is InChI=1S/C24H24N2O3S/c1-16-9-10-17(2)22(13-16)25-30(28,29)21-11-12-23-20(15-21)14-18(3)26(23)24(27)19-7-5-4-6-8-19/h4-13,15,18,25H,14H2,1-3H3/t18-/m1/s1. The average molecular weight is 421 g/mol. The van der Waals surface area contributed by atoms with E-state index in [0.29, 0.717) is 17.7 Å². The fourth-order valence-electron chi connectivity index (χ4n) is 3.85. The Hall–Kier alpha value is -3.12. The number of fused-ring (bicyclic) bond motifs is 1. The van der Waals surface area contributed by atoms with E-state index in [4.69, 9.17) is 0 Å². The van der Waals surface area contributed by atoms with Crippen LogP contribution >= 0.6 is 0 Å². The maximum atomic E-state index is 13.0. The number of anilines is 2. The summed E-state index contributed by atoms with van der Waals surface area (Å²) >= 11 is 0. The first-order valence-electron chi connectivity index (χ1n) is 9.88. The van der Waals surface area contributed by atoms with Crippen molar-refractivity contribution >= 4 is 27.3 Å². The molecule has 0 aliphatic carbocycles. The molecule has 0 saturated carbocycles. The molecule has 30 heavy (non-hydrogen) atoms. The molecule has 0 aromatic heterocycles. The van der Waals surface area contributed by atoms with Crippen LogP contribution in [0.3, 0.4) is 0 Å². The minimum absolute atomic E-state index is 0.0439.